The highest BCUT2D eigenvalue weighted by Crippen LogP contribution is 2.27. The van der Waals surface area contributed by atoms with Gasteiger partial charge in [0, 0.05) is 11.7 Å². The number of likely N-dealkylation sites (tertiary alicyclic amines) is 1. The Morgan fingerprint density at radius 3 is 2.55 bits per heavy atom. The first-order valence-corrected chi connectivity index (χ1v) is 7.65. The predicted octanol–water partition coefficient (Wildman–Crippen LogP) is 2.52. The van der Waals surface area contributed by atoms with Crippen molar-refractivity contribution >= 4 is 11.7 Å². The normalized spacial score (nSPS) is 23.1. The average Bonchev–Trinajstić information content (AvgIpc) is 2.86. The van der Waals surface area contributed by atoms with Crippen LogP contribution in [0.25, 0.3) is 0 Å². The van der Waals surface area contributed by atoms with Crippen LogP contribution in [0.2, 0.25) is 0 Å². The van der Waals surface area contributed by atoms with Crippen LogP contribution < -0.4 is 11.1 Å². The summed E-state index contributed by atoms with van der Waals surface area (Å²) in [6.45, 7) is 2.55. The second-order valence-electron chi connectivity index (χ2n) is 5.95. The molecule has 1 aromatic rings. The van der Waals surface area contributed by atoms with Gasteiger partial charge in [0.2, 0.25) is 0 Å². The molecule has 1 aromatic carbocycles. The molecular formula is C16H23N3O. The van der Waals surface area contributed by atoms with Crippen molar-refractivity contribution in [3.05, 3.63) is 29.3 Å². The van der Waals surface area contributed by atoms with Crippen LogP contribution in [0, 0.1) is 0 Å². The number of primary amides is 1. The molecule has 0 saturated carbocycles. The number of hydrogen-bond acceptors (Lipinski definition) is 2. The van der Waals surface area contributed by atoms with Gasteiger partial charge in [-0.25, -0.2) is 4.79 Å². The number of amides is 2. The fourth-order valence-electron chi connectivity index (χ4n) is 3.58. The Morgan fingerprint density at radius 1 is 1.15 bits per heavy atom. The van der Waals surface area contributed by atoms with E-state index in [1.165, 1.54) is 49.9 Å². The highest BCUT2D eigenvalue weighted by atomic mass is 16.2. The van der Waals surface area contributed by atoms with Crippen molar-refractivity contribution in [2.24, 2.45) is 5.73 Å². The van der Waals surface area contributed by atoms with Crippen molar-refractivity contribution in [3.8, 4) is 0 Å². The second kappa shape index (κ2) is 5.83. The summed E-state index contributed by atoms with van der Waals surface area (Å²) >= 11 is 0. The second-order valence-corrected chi connectivity index (χ2v) is 5.95. The van der Waals surface area contributed by atoms with Crippen LogP contribution in [0.1, 0.15) is 36.8 Å². The van der Waals surface area contributed by atoms with Crippen molar-refractivity contribution in [2.75, 3.05) is 18.4 Å². The molecule has 4 nitrogen and oxygen atoms in total. The van der Waals surface area contributed by atoms with Crippen LogP contribution in [0.15, 0.2) is 18.2 Å². The number of urea groups is 1. The minimum atomic E-state index is -0.492. The number of aryl methyl sites for hydroxylation is 2. The lowest BCUT2D eigenvalue weighted by Gasteiger charge is -2.25. The van der Waals surface area contributed by atoms with E-state index < -0.39 is 6.03 Å². The maximum Gasteiger partial charge on any atom is 0.316 e. The van der Waals surface area contributed by atoms with Crippen LogP contribution in [0.3, 0.4) is 0 Å². The van der Waals surface area contributed by atoms with E-state index in [2.05, 4.69) is 22.3 Å². The van der Waals surface area contributed by atoms with E-state index in [0.29, 0.717) is 0 Å². The molecule has 2 aliphatic rings. The van der Waals surface area contributed by atoms with E-state index in [-0.39, 0.29) is 0 Å². The number of nitrogens with one attached hydrogen (secondary N) is 1. The van der Waals surface area contributed by atoms with Crippen LogP contribution in [-0.2, 0) is 12.8 Å². The summed E-state index contributed by atoms with van der Waals surface area (Å²) < 4.78 is 0. The van der Waals surface area contributed by atoms with Gasteiger partial charge in [-0.05, 0) is 74.9 Å². The number of hydrogen-bond donors (Lipinski definition) is 2. The third-order valence-corrected chi connectivity index (χ3v) is 4.62. The van der Waals surface area contributed by atoms with Gasteiger partial charge < -0.3 is 16.0 Å². The molecule has 1 aliphatic heterocycles. The molecular weight excluding hydrogens is 250 g/mol. The van der Waals surface area contributed by atoms with Crippen LogP contribution in [-0.4, -0.2) is 30.1 Å². The Hall–Kier alpha value is -1.55. The van der Waals surface area contributed by atoms with E-state index in [4.69, 9.17) is 5.73 Å². The van der Waals surface area contributed by atoms with Crippen molar-refractivity contribution in [2.45, 2.75) is 44.6 Å². The summed E-state index contributed by atoms with van der Waals surface area (Å²) in [5.41, 5.74) is 8.80. The molecule has 0 bridgehead atoms. The van der Waals surface area contributed by atoms with Crippen LogP contribution in [0.5, 0.6) is 0 Å². The summed E-state index contributed by atoms with van der Waals surface area (Å²) in [6.07, 6.45) is 7.45. The molecule has 2 amide bonds. The summed E-state index contributed by atoms with van der Waals surface area (Å²) in [6, 6.07) is 6.44. The number of nitrogens with zero attached hydrogens (tertiary/aromatic N) is 1. The smallest absolute Gasteiger partial charge is 0.316 e. The lowest BCUT2D eigenvalue weighted by atomic mass is 10.0. The fraction of sp³-hybridized carbons (Fsp3) is 0.562. The number of benzene rings is 1. The van der Waals surface area contributed by atoms with Crippen molar-refractivity contribution in [1.29, 1.82) is 0 Å². The zero-order valence-electron chi connectivity index (χ0n) is 11.9. The number of anilines is 1. The van der Waals surface area contributed by atoms with Gasteiger partial charge in [-0.1, -0.05) is 6.07 Å². The molecule has 1 atom stereocenters. The number of carbonyl (C=O) groups excluding carboxylic acids is 1. The molecule has 3 rings (SSSR count). The zero-order chi connectivity index (χ0) is 13.9. The van der Waals surface area contributed by atoms with Gasteiger partial charge in [-0.3, -0.25) is 0 Å². The maximum absolute atomic E-state index is 10.9. The molecule has 1 unspecified atom stereocenters. The van der Waals surface area contributed by atoms with Crippen LogP contribution in [0.4, 0.5) is 10.5 Å². The van der Waals surface area contributed by atoms with Crippen molar-refractivity contribution in [1.82, 2.24) is 4.90 Å². The van der Waals surface area contributed by atoms with Gasteiger partial charge in [0.15, 0.2) is 0 Å². The Bertz CT molecular complexity index is 494. The molecule has 4 heteroatoms. The van der Waals surface area contributed by atoms with Gasteiger partial charge in [-0.2, -0.15) is 0 Å². The number of nitrogens with two attached hydrogens (primary N) is 1. The summed E-state index contributed by atoms with van der Waals surface area (Å²) in [5, 5.41) is 2.67. The maximum atomic E-state index is 10.9. The minimum Gasteiger partial charge on any atom is -0.351 e. The highest BCUT2D eigenvalue weighted by Gasteiger charge is 2.24. The molecule has 0 radical (unpaired) electrons. The first kappa shape index (κ1) is 13.4. The molecule has 108 valence electrons. The van der Waals surface area contributed by atoms with Gasteiger partial charge >= 0.3 is 6.03 Å². The van der Waals surface area contributed by atoms with E-state index in [9.17, 15) is 4.79 Å². The number of fused-ring (bicyclic) bond motifs is 1. The SMILES string of the molecule is NC(=O)Nc1ccc2c(c1)CCC(N1CCCC1)CC2. The quantitative estimate of drug-likeness (QED) is 0.813. The van der Waals surface area contributed by atoms with Gasteiger partial charge in [0.1, 0.15) is 0 Å². The third kappa shape index (κ3) is 2.96. The van der Waals surface area contributed by atoms with E-state index in [1.54, 1.807) is 0 Å². The molecule has 0 spiro atoms. The van der Waals surface area contributed by atoms with Gasteiger partial charge in [-0.15, -0.1) is 0 Å². The summed E-state index contributed by atoms with van der Waals surface area (Å²) in [5.74, 6) is 0. The topological polar surface area (TPSA) is 58.4 Å². The zero-order valence-corrected chi connectivity index (χ0v) is 11.9. The standard InChI is InChI=1S/C16H23N3O/c17-16(20)18-14-6-3-12-4-7-15(8-5-13(12)11-14)19-9-1-2-10-19/h3,6,11,15H,1-2,4-5,7-10H2,(H3,17,18,20). The first-order valence-electron chi connectivity index (χ1n) is 7.65. The first-order chi connectivity index (χ1) is 9.72. The Balaban J connectivity index is 1.71. The molecule has 3 N–H and O–H groups in total. The lowest BCUT2D eigenvalue weighted by Crippen LogP contribution is -2.32. The van der Waals surface area contributed by atoms with Crippen LogP contribution >= 0.6 is 0 Å². The molecule has 1 fully saturated rings. The van der Waals surface area contributed by atoms with E-state index >= 15 is 0 Å². The Kier molecular flexibility index (Phi) is 3.92. The van der Waals surface area contributed by atoms with E-state index in [0.717, 1.165) is 24.6 Å². The fourth-order valence-corrected chi connectivity index (χ4v) is 3.58. The average molecular weight is 273 g/mol. The molecule has 20 heavy (non-hydrogen) atoms. The largest absolute Gasteiger partial charge is 0.351 e. The summed E-state index contributed by atoms with van der Waals surface area (Å²) in [4.78, 5) is 13.6. The highest BCUT2D eigenvalue weighted by molar-refractivity contribution is 5.87. The van der Waals surface area contributed by atoms with Gasteiger partial charge in [0.05, 0.1) is 0 Å². The summed E-state index contributed by atoms with van der Waals surface area (Å²) in [7, 11) is 0. The number of carbonyl (C=O) groups is 1. The van der Waals surface area contributed by atoms with Crippen molar-refractivity contribution in [3.63, 3.8) is 0 Å². The minimum absolute atomic E-state index is 0.492. The van der Waals surface area contributed by atoms with E-state index in [1.807, 2.05) is 6.07 Å². The Morgan fingerprint density at radius 2 is 1.85 bits per heavy atom. The monoisotopic (exact) mass is 273 g/mol. The lowest BCUT2D eigenvalue weighted by molar-refractivity contribution is 0.222. The molecule has 0 aromatic heterocycles. The van der Waals surface area contributed by atoms with Gasteiger partial charge in [0.25, 0.3) is 0 Å². The molecule has 1 aliphatic carbocycles. The predicted molar refractivity (Wildman–Crippen MR) is 80.9 cm³/mol. The molecule has 1 saturated heterocycles. The number of rotatable bonds is 2. The third-order valence-electron chi connectivity index (χ3n) is 4.62. The molecule has 1 heterocycles. The Labute approximate surface area is 120 Å². The van der Waals surface area contributed by atoms with Crippen molar-refractivity contribution < 1.29 is 4.79 Å².